The molecule has 4 rings (SSSR count). The zero-order valence-corrected chi connectivity index (χ0v) is 14.0. The van der Waals surface area contributed by atoms with E-state index in [-0.39, 0.29) is 6.23 Å². The van der Waals surface area contributed by atoms with Crippen molar-refractivity contribution >= 4 is 10.9 Å². The summed E-state index contributed by atoms with van der Waals surface area (Å²) in [7, 11) is 1.68. The van der Waals surface area contributed by atoms with Gasteiger partial charge in [0.15, 0.2) is 0 Å². The molecular formula is C19H21N3O2. The lowest BCUT2D eigenvalue weighted by Crippen LogP contribution is -2.18. The third kappa shape index (κ3) is 2.65. The molecule has 0 N–H and O–H groups in total. The van der Waals surface area contributed by atoms with Crippen LogP contribution in [0.3, 0.4) is 0 Å². The molecule has 1 aliphatic rings. The Balaban J connectivity index is 1.78. The van der Waals surface area contributed by atoms with Crippen LogP contribution in [-0.4, -0.2) is 28.5 Å². The summed E-state index contributed by atoms with van der Waals surface area (Å²) in [6.45, 7) is 2.80. The van der Waals surface area contributed by atoms with E-state index in [0.717, 1.165) is 52.9 Å². The van der Waals surface area contributed by atoms with Gasteiger partial charge in [0.05, 0.1) is 13.3 Å². The van der Waals surface area contributed by atoms with Gasteiger partial charge >= 0.3 is 0 Å². The van der Waals surface area contributed by atoms with Gasteiger partial charge in [-0.1, -0.05) is 6.07 Å². The summed E-state index contributed by atoms with van der Waals surface area (Å²) < 4.78 is 13.2. The van der Waals surface area contributed by atoms with Gasteiger partial charge in [0.1, 0.15) is 17.5 Å². The third-order valence-corrected chi connectivity index (χ3v) is 4.54. The summed E-state index contributed by atoms with van der Waals surface area (Å²) in [5.74, 6) is 0.792. The Kier molecular flexibility index (Phi) is 3.94. The first-order valence-corrected chi connectivity index (χ1v) is 8.37. The standard InChI is InChI=1S/C19H21N3O2/c1-13-6-7-16-15(8-9-17(23-2)19(16)21-13)14-11-20-22(12-14)18-5-3-4-10-24-18/h6-9,11-12,18H,3-5,10H2,1-2H3. The van der Waals surface area contributed by atoms with Crippen LogP contribution in [0.1, 0.15) is 31.2 Å². The Labute approximate surface area is 141 Å². The fraction of sp³-hybridized carbons (Fsp3) is 0.368. The van der Waals surface area contributed by atoms with Crippen molar-refractivity contribution in [2.24, 2.45) is 0 Å². The normalized spacial score (nSPS) is 18.0. The van der Waals surface area contributed by atoms with E-state index in [0.29, 0.717) is 0 Å². The Morgan fingerprint density at radius 1 is 1.21 bits per heavy atom. The van der Waals surface area contributed by atoms with E-state index in [4.69, 9.17) is 9.47 Å². The fourth-order valence-corrected chi connectivity index (χ4v) is 3.27. The number of fused-ring (bicyclic) bond motifs is 1. The maximum Gasteiger partial charge on any atom is 0.150 e. The second-order valence-electron chi connectivity index (χ2n) is 6.19. The number of benzene rings is 1. The smallest absolute Gasteiger partial charge is 0.150 e. The monoisotopic (exact) mass is 323 g/mol. The molecule has 1 aliphatic heterocycles. The first-order chi connectivity index (χ1) is 11.8. The minimum Gasteiger partial charge on any atom is -0.494 e. The van der Waals surface area contributed by atoms with Gasteiger partial charge in [-0.2, -0.15) is 5.10 Å². The van der Waals surface area contributed by atoms with Crippen LogP contribution in [-0.2, 0) is 4.74 Å². The van der Waals surface area contributed by atoms with Crippen molar-refractivity contribution in [3.05, 3.63) is 42.4 Å². The van der Waals surface area contributed by atoms with Crippen LogP contribution >= 0.6 is 0 Å². The van der Waals surface area contributed by atoms with Crippen molar-refractivity contribution in [1.29, 1.82) is 0 Å². The van der Waals surface area contributed by atoms with E-state index >= 15 is 0 Å². The topological polar surface area (TPSA) is 49.2 Å². The van der Waals surface area contributed by atoms with E-state index in [1.54, 1.807) is 7.11 Å². The van der Waals surface area contributed by atoms with Crippen LogP contribution in [0.15, 0.2) is 36.7 Å². The molecule has 0 saturated carbocycles. The summed E-state index contributed by atoms with van der Waals surface area (Å²) in [6, 6.07) is 8.17. The van der Waals surface area contributed by atoms with Crippen molar-refractivity contribution < 1.29 is 9.47 Å². The predicted molar refractivity (Wildman–Crippen MR) is 93.1 cm³/mol. The first-order valence-electron chi connectivity index (χ1n) is 8.37. The predicted octanol–water partition coefficient (Wildman–Crippen LogP) is 4.11. The Hall–Kier alpha value is -2.40. The second-order valence-corrected chi connectivity index (χ2v) is 6.19. The number of ether oxygens (including phenoxy) is 2. The molecule has 0 bridgehead atoms. The third-order valence-electron chi connectivity index (χ3n) is 4.54. The Morgan fingerprint density at radius 2 is 2.12 bits per heavy atom. The summed E-state index contributed by atoms with van der Waals surface area (Å²) in [4.78, 5) is 4.65. The zero-order valence-electron chi connectivity index (χ0n) is 14.0. The van der Waals surface area contributed by atoms with Crippen molar-refractivity contribution in [3.8, 4) is 16.9 Å². The number of methoxy groups -OCH3 is 1. The lowest BCUT2D eigenvalue weighted by atomic mass is 10.0. The van der Waals surface area contributed by atoms with Crippen LogP contribution in [0.2, 0.25) is 0 Å². The van der Waals surface area contributed by atoms with Gasteiger partial charge in [-0.15, -0.1) is 0 Å². The maximum absolute atomic E-state index is 5.82. The van der Waals surface area contributed by atoms with Crippen LogP contribution in [0.4, 0.5) is 0 Å². The summed E-state index contributed by atoms with van der Waals surface area (Å²) >= 11 is 0. The molecule has 1 atom stereocenters. The Morgan fingerprint density at radius 3 is 2.92 bits per heavy atom. The van der Waals surface area contributed by atoms with Gasteiger partial charge in [0, 0.05) is 29.4 Å². The van der Waals surface area contributed by atoms with Crippen molar-refractivity contribution in [2.75, 3.05) is 13.7 Å². The molecule has 5 nitrogen and oxygen atoms in total. The lowest BCUT2D eigenvalue weighted by molar-refractivity contribution is -0.0394. The number of hydrogen-bond donors (Lipinski definition) is 0. The molecule has 1 unspecified atom stereocenters. The van der Waals surface area contributed by atoms with Crippen LogP contribution < -0.4 is 4.74 Å². The van der Waals surface area contributed by atoms with E-state index in [2.05, 4.69) is 28.4 Å². The maximum atomic E-state index is 5.82. The molecule has 5 heteroatoms. The summed E-state index contributed by atoms with van der Waals surface area (Å²) in [5, 5.41) is 5.60. The minimum absolute atomic E-state index is 0.0531. The molecule has 3 heterocycles. The van der Waals surface area contributed by atoms with Gasteiger partial charge in [-0.05, 0) is 49.9 Å². The zero-order chi connectivity index (χ0) is 16.5. The lowest BCUT2D eigenvalue weighted by Gasteiger charge is -2.22. The highest BCUT2D eigenvalue weighted by Crippen LogP contribution is 2.34. The van der Waals surface area contributed by atoms with E-state index < -0.39 is 0 Å². The van der Waals surface area contributed by atoms with Crippen molar-refractivity contribution in [3.63, 3.8) is 0 Å². The number of nitrogens with zero attached hydrogens (tertiary/aromatic N) is 3. The molecule has 1 aromatic carbocycles. The van der Waals surface area contributed by atoms with Crippen molar-refractivity contribution in [2.45, 2.75) is 32.4 Å². The molecule has 124 valence electrons. The van der Waals surface area contributed by atoms with Crippen molar-refractivity contribution in [1.82, 2.24) is 14.8 Å². The van der Waals surface area contributed by atoms with E-state index in [1.807, 2.05) is 29.9 Å². The largest absolute Gasteiger partial charge is 0.494 e. The van der Waals surface area contributed by atoms with Gasteiger partial charge in [0.25, 0.3) is 0 Å². The first kappa shape index (κ1) is 15.1. The SMILES string of the molecule is COc1ccc(-c2cnn(C3CCCCO3)c2)c2ccc(C)nc12. The summed E-state index contributed by atoms with van der Waals surface area (Å²) in [6.07, 6.45) is 7.37. The highest BCUT2D eigenvalue weighted by molar-refractivity contribution is 5.97. The molecule has 1 fully saturated rings. The van der Waals surface area contributed by atoms with Gasteiger partial charge in [0.2, 0.25) is 0 Å². The van der Waals surface area contributed by atoms with Crippen LogP contribution in [0.25, 0.3) is 22.0 Å². The number of aromatic nitrogens is 3. The molecule has 0 spiro atoms. The molecule has 0 aliphatic carbocycles. The summed E-state index contributed by atoms with van der Waals surface area (Å²) in [5.41, 5.74) is 4.05. The molecule has 0 amide bonds. The Bertz CT molecular complexity index is 866. The fourth-order valence-electron chi connectivity index (χ4n) is 3.27. The van der Waals surface area contributed by atoms with Crippen LogP contribution in [0.5, 0.6) is 5.75 Å². The number of hydrogen-bond acceptors (Lipinski definition) is 4. The molecule has 1 saturated heterocycles. The van der Waals surface area contributed by atoms with Gasteiger partial charge in [-0.25, -0.2) is 9.67 Å². The average molecular weight is 323 g/mol. The van der Waals surface area contributed by atoms with Crippen LogP contribution in [0, 0.1) is 6.92 Å². The number of aryl methyl sites for hydroxylation is 1. The van der Waals surface area contributed by atoms with Gasteiger partial charge < -0.3 is 9.47 Å². The minimum atomic E-state index is 0.0531. The quantitative estimate of drug-likeness (QED) is 0.727. The van der Waals surface area contributed by atoms with E-state index in [9.17, 15) is 0 Å². The molecule has 3 aromatic rings. The average Bonchev–Trinajstić information content (AvgIpc) is 3.11. The van der Waals surface area contributed by atoms with E-state index in [1.165, 1.54) is 6.42 Å². The molecule has 0 radical (unpaired) electrons. The number of rotatable bonds is 3. The number of pyridine rings is 1. The highest BCUT2D eigenvalue weighted by atomic mass is 16.5. The molecular weight excluding hydrogens is 302 g/mol. The second kappa shape index (κ2) is 6.24. The highest BCUT2D eigenvalue weighted by Gasteiger charge is 2.18. The van der Waals surface area contributed by atoms with Gasteiger partial charge in [-0.3, -0.25) is 0 Å². The molecule has 2 aromatic heterocycles. The molecule has 24 heavy (non-hydrogen) atoms.